The molecule has 8 aromatic rings. The van der Waals surface area contributed by atoms with Crippen LogP contribution in [0.5, 0.6) is 0 Å². The first-order chi connectivity index (χ1) is 63.7. The van der Waals surface area contributed by atoms with E-state index in [1.54, 1.807) is 38.3 Å². The lowest BCUT2D eigenvalue weighted by Crippen LogP contribution is -2.43. The monoisotopic (exact) mass is 1900 g/mol. The quantitative estimate of drug-likeness (QED) is 0.0240. The molecular weight excluding hydrogens is 1780 g/mol. The number of carbonyl (C=O) groups is 11. The van der Waals surface area contributed by atoms with E-state index in [2.05, 4.69) is 11.9 Å². The van der Waals surface area contributed by atoms with E-state index in [-0.39, 0.29) is 140 Å². The van der Waals surface area contributed by atoms with E-state index >= 15 is 0 Å². The molecule has 6 amide bonds. The maximum atomic E-state index is 13.4. The van der Waals surface area contributed by atoms with Gasteiger partial charge in [0, 0.05) is 116 Å². The molecule has 0 saturated carbocycles. The molecule has 738 valence electrons. The number of carboxylic acids is 3. The second-order valence-corrected chi connectivity index (χ2v) is 36.2. The second-order valence-electron chi connectivity index (χ2n) is 36.2. The number of hydrogen-bond donors (Lipinski definition) is 6. The molecule has 137 heavy (non-hydrogen) atoms. The molecule has 0 aromatic heterocycles. The predicted molar refractivity (Wildman–Crippen MR) is 516 cm³/mol. The fourth-order valence-electron chi connectivity index (χ4n) is 17.1. The van der Waals surface area contributed by atoms with E-state index in [4.69, 9.17) is 40.7 Å². The number of rotatable bonds is 15. The van der Waals surface area contributed by atoms with Crippen molar-refractivity contribution in [2.24, 2.45) is 45.8 Å². The number of esters is 2. The number of halogens is 6. The molecule has 5 fully saturated rings. The third kappa shape index (κ3) is 28.7. The van der Waals surface area contributed by atoms with Gasteiger partial charge in [-0.1, -0.05) is 157 Å². The number of para-hydroxylation sites is 6. The third-order valence-electron chi connectivity index (χ3n) is 25.1. The van der Waals surface area contributed by atoms with Gasteiger partial charge in [0.2, 0.25) is 35.4 Å². The maximum Gasteiger partial charge on any atom is 0.416 e. The van der Waals surface area contributed by atoms with Gasteiger partial charge in [-0.2, -0.15) is 35.9 Å². The average molecular weight is 1900 g/mol. The van der Waals surface area contributed by atoms with Crippen LogP contribution in [0.3, 0.4) is 0 Å². The molecule has 0 aliphatic carbocycles. The van der Waals surface area contributed by atoms with Crippen molar-refractivity contribution in [3.05, 3.63) is 247 Å². The van der Waals surface area contributed by atoms with Crippen LogP contribution in [0, 0.1) is 143 Å². The number of nitrogens with two attached hydrogens (primary N) is 2. The van der Waals surface area contributed by atoms with Crippen molar-refractivity contribution in [3.63, 3.8) is 0 Å². The van der Waals surface area contributed by atoms with Crippen LogP contribution in [0.1, 0.15) is 170 Å². The van der Waals surface area contributed by atoms with Crippen LogP contribution in [-0.2, 0) is 84.2 Å². The number of benzene rings is 8. The zero-order valence-electron chi connectivity index (χ0n) is 82.1. The minimum Gasteiger partial charge on any atom is -0.481 e. The normalized spacial score (nSPS) is 18.0. The van der Waals surface area contributed by atoms with Gasteiger partial charge in [-0.05, 0) is 236 Å². The summed E-state index contributed by atoms with van der Waals surface area (Å²) in [6, 6.07) is 42.3. The summed E-state index contributed by atoms with van der Waals surface area (Å²) in [6.45, 7) is 44.2. The number of hydrogen-bond acceptors (Lipinski definition) is 17. The summed E-state index contributed by atoms with van der Waals surface area (Å²) in [5, 5.41) is 29.1. The SMILES string of the molecule is C=C(C)C(=O)O.COC(=O)C1(C(C)C)CC(=O)N(c2c(C)cccc2C)C1.COC(=O)C1CC(=O)N(c2c(C)cccc2C)C1.Cc1cc(N)cc(C(F)(F)F)c1.Cc1cc(NC(=O)C2(C(C)C)CC(=O)N(c3c(C)cccc3C)C2)cc(C(F)(F)F)c1.Cc1cccc(C)c1N.Cc1cccc(C)c1N1CC(C(=O)O)(C(C)C)CC1=O.Cc1cccc(C)c1N1CC(C(=O)O)CC1=O.O=C=O. The van der Waals surface area contributed by atoms with E-state index < -0.39 is 69.5 Å². The van der Waals surface area contributed by atoms with Gasteiger partial charge in [-0.15, -0.1) is 0 Å². The smallest absolute Gasteiger partial charge is 0.416 e. The Kier molecular flexibility index (Phi) is 40.4. The Hall–Kier alpha value is -13.8. The van der Waals surface area contributed by atoms with Crippen LogP contribution in [0.2, 0.25) is 0 Å². The number of methoxy groups -OCH3 is 2. The molecule has 0 radical (unpaired) electrons. The molecule has 0 bridgehead atoms. The first kappa shape index (κ1) is 114. The standard InChI is InChI=1S/C24H27F3N2O2.C17H23NO3.C16H21NO3.C14H17NO3.C13H15NO3.C8H8F3N.C8H11N.C4H6O2.CO2/c1-14(2)23(12-20(30)29(13-23)21-16(4)7-6-8-17(21)5)22(31)28-19-10-15(3)9-18(11-19)24(25,26)27;1-11(2)17(16(20)21-5)9-14(19)18(10-17)15-12(3)7-6-8-13(15)4;1-10(2)16(15(19)20)8-13(18)17(9-16)14-11(3)6-5-7-12(14)4;1-9-5-4-6-10(2)13(9)15-8-11(7-12(15)16)14(17)18-3;1-8-4-3-5-9(2)12(8)14-7-10(13(16)17)6-11(14)15;1-5-2-6(8(9,10)11)4-7(12)3-5;1-6-4-3-5-7(2)8(6)9;1-3(2)4(5)6;2-1-3/h6-11,14H,12-13H2,1-5H3,(H,28,31);6-8,11H,9-10H2,1-5H3;5-7,10H,8-9H2,1-4H3,(H,19,20);4-6,11H,7-8H2,1-3H3;3-5,10H,6-7H2,1-2H3,(H,16,17);2-4H,12H2,1H3;3-5H,9H2,1-2H3;1H2,2H3,(H,5,6);. The van der Waals surface area contributed by atoms with Crippen molar-refractivity contribution in [2.45, 2.75) is 190 Å². The Balaban J connectivity index is 0.000000284. The van der Waals surface area contributed by atoms with E-state index in [0.717, 1.165) is 125 Å². The fraction of sp³-hybridized carbons (Fsp3) is 0.410. The minimum absolute atomic E-state index is 0.00220. The highest BCUT2D eigenvalue weighted by atomic mass is 19.4. The number of alkyl halides is 6. The fourth-order valence-corrected chi connectivity index (χ4v) is 17.1. The number of nitrogens with one attached hydrogen (secondary N) is 1. The highest BCUT2D eigenvalue weighted by Crippen LogP contribution is 2.47. The molecule has 5 aliphatic heterocycles. The van der Waals surface area contributed by atoms with Crippen molar-refractivity contribution in [3.8, 4) is 0 Å². The van der Waals surface area contributed by atoms with Crippen LogP contribution in [0.15, 0.2) is 158 Å². The maximum absolute atomic E-state index is 13.4. The Morgan fingerprint density at radius 3 is 0.993 bits per heavy atom. The number of aliphatic carboxylic acids is 3. The Labute approximate surface area is 797 Å². The van der Waals surface area contributed by atoms with Gasteiger partial charge in [0.15, 0.2) is 0 Å². The number of aryl methyl sites for hydroxylation is 14. The Morgan fingerprint density at radius 1 is 0.431 bits per heavy atom. The lowest BCUT2D eigenvalue weighted by molar-refractivity contribution is -0.192. The van der Waals surface area contributed by atoms with Gasteiger partial charge in [0.1, 0.15) is 0 Å². The van der Waals surface area contributed by atoms with E-state index in [9.17, 15) is 84.2 Å². The lowest BCUT2D eigenvalue weighted by atomic mass is 9.75. The van der Waals surface area contributed by atoms with Crippen molar-refractivity contribution >= 4 is 117 Å². The molecule has 8 N–H and O–H groups in total. The van der Waals surface area contributed by atoms with Gasteiger partial charge in [-0.3, -0.25) is 47.9 Å². The number of anilines is 8. The highest BCUT2D eigenvalue weighted by Gasteiger charge is 2.55. The zero-order valence-corrected chi connectivity index (χ0v) is 82.1. The number of carbonyl (C=O) groups excluding carboxylic acids is 10. The molecule has 5 unspecified atom stereocenters. The number of carboxylic acid groups (broad SMARTS) is 3. The Bertz CT molecular complexity index is 5670. The summed E-state index contributed by atoms with van der Waals surface area (Å²) in [5.41, 5.74) is 25.6. The molecule has 5 saturated heterocycles. The summed E-state index contributed by atoms with van der Waals surface area (Å²) in [6.07, 6.45) is -7.94. The minimum atomic E-state index is -4.51. The molecule has 32 heteroatoms. The first-order valence-electron chi connectivity index (χ1n) is 44.3. The number of amides is 6. The highest BCUT2D eigenvalue weighted by molar-refractivity contribution is 6.08. The van der Waals surface area contributed by atoms with Crippen LogP contribution in [-0.4, -0.2) is 134 Å². The van der Waals surface area contributed by atoms with Crippen molar-refractivity contribution in [1.82, 2.24) is 0 Å². The molecule has 0 spiro atoms. The molecule has 13 rings (SSSR count). The first-order valence-corrected chi connectivity index (χ1v) is 44.3. The average Bonchev–Trinajstić information content (AvgIpc) is 1.61. The summed E-state index contributed by atoms with van der Waals surface area (Å²) in [5.74, 6) is -5.30. The zero-order chi connectivity index (χ0) is 104. The van der Waals surface area contributed by atoms with Crippen LogP contribution >= 0.6 is 0 Å². The van der Waals surface area contributed by atoms with E-state index in [0.29, 0.717) is 24.2 Å². The lowest BCUT2D eigenvalue weighted by Gasteiger charge is -2.32. The number of nitrogen functional groups attached to an aromatic ring is 2. The van der Waals surface area contributed by atoms with Crippen LogP contribution in [0.4, 0.5) is 71.8 Å². The largest absolute Gasteiger partial charge is 0.481 e. The van der Waals surface area contributed by atoms with Crippen LogP contribution in [0.25, 0.3) is 0 Å². The summed E-state index contributed by atoms with van der Waals surface area (Å²) >= 11 is 0. The molecule has 5 aliphatic rings. The van der Waals surface area contributed by atoms with E-state index in [1.807, 2.05) is 234 Å². The van der Waals surface area contributed by atoms with Gasteiger partial charge in [-0.25, -0.2) is 4.79 Å². The van der Waals surface area contributed by atoms with Crippen molar-refractivity contribution in [2.75, 3.05) is 88.2 Å². The topological polar surface area (TPSA) is 381 Å². The molecule has 5 heterocycles. The van der Waals surface area contributed by atoms with Gasteiger partial charge in [0.25, 0.3) is 0 Å². The van der Waals surface area contributed by atoms with E-state index in [1.165, 1.54) is 33.3 Å². The second kappa shape index (κ2) is 48.6. The van der Waals surface area contributed by atoms with Crippen molar-refractivity contribution in [1.29, 1.82) is 0 Å². The van der Waals surface area contributed by atoms with Crippen LogP contribution < -0.4 is 41.3 Å². The third-order valence-corrected chi connectivity index (χ3v) is 25.1. The van der Waals surface area contributed by atoms with Gasteiger partial charge < -0.3 is 66.1 Å². The molecule has 8 aromatic carbocycles. The number of nitrogens with zero attached hydrogens (tertiary/aromatic N) is 5. The van der Waals surface area contributed by atoms with Gasteiger partial charge >= 0.3 is 48.4 Å². The summed E-state index contributed by atoms with van der Waals surface area (Å²) < 4.78 is 85.5. The Morgan fingerprint density at radius 2 is 0.715 bits per heavy atom. The summed E-state index contributed by atoms with van der Waals surface area (Å²) in [7, 11) is 2.74. The van der Waals surface area contributed by atoms with Gasteiger partial charge in [0.05, 0.1) is 53.4 Å². The molecular formula is C105H128F6N8O18. The number of ether oxygens (including phenoxy) is 2. The predicted octanol–water partition coefficient (Wildman–Crippen LogP) is 19.4. The van der Waals surface area contributed by atoms with Crippen molar-refractivity contribution < 1.29 is 113 Å². The molecule has 5 atom stereocenters. The molecule has 26 nitrogen and oxygen atoms in total. The summed E-state index contributed by atoms with van der Waals surface area (Å²) in [4.78, 5) is 156.